The molecule has 1 aliphatic heterocycles. The van der Waals surface area contributed by atoms with E-state index in [1.54, 1.807) is 0 Å². The molecule has 48 valence electrons. The maximum atomic E-state index is 10.2. The van der Waals surface area contributed by atoms with Crippen molar-refractivity contribution in [3.63, 3.8) is 0 Å². The molecule has 0 bridgehead atoms. The monoisotopic (exact) mass is 176 g/mol. The Bertz CT molecular complexity index is 106. The highest BCUT2D eigenvalue weighted by molar-refractivity contribution is 7.33. The van der Waals surface area contributed by atoms with Gasteiger partial charge in [-0.05, 0) is 0 Å². The van der Waals surface area contributed by atoms with E-state index < -0.39 is 19.4 Å². The maximum Gasteiger partial charge on any atom is 0.322 e. The Morgan fingerprint density at radius 2 is 1.62 bits per heavy atom. The Morgan fingerprint density at radius 1 is 1.25 bits per heavy atom. The van der Waals surface area contributed by atoms with E-state index >= 15 is 0 Å². The van der Waals surface area contributed by atoms with Crippen LogP contribution in [0.3, 0.4) is 0 Å². The minimum atomic E-state index is -2.37. The molecular formula is C2H3Cl2O3P. The van der Waals surface area contributed by atoms with Crippen molar-refractivity contribution >= 4 is 31.5 Å². The molecule has 0 spiro atoms. The zero-order valence-corrected chi connectivity index (χ0v) is 6.15. The van der Waals surface area contributed by atoms with E-state index in [4.69, 9.17) is 23.2 Å². The van der Waals surface area contributed by atoms with E-state index in [0.29, 0.717) is 0 Å². The lowest BCUT2D eigenvalue weighted by Crippen LogP contribution is -2.07. The van der Waals surface area contributed by atoms with Crippen LogP contribution < -0.4 is 0 Å². The van der Waals surface area contributed by atoms with Crippen molar-refractivity contribution in [2.45, 2.75) is 11.1 Å². The summed E-state index contributed by atoms with van der Waals surface area (Å²) in [7, 11) is -2.37. The summed E-state index contributed by atoms with van der Waals surface area (Å²) >= 11 is 10.6. The number of hydrogen-bond donors (Lipinski definition) is 0. The second-order valence-corrected chi connectivity index (χ2v) is 3.02. The fourth-order valence-corrected chi connectivity index (χ4v) is 1.70. The fraction of sp³-hybridized carbons (Fsp3) is 1.00. The van der Waals surface area contributed by atoms with Gasteiger partial charge < -0.3 is 0 Å². The topological polar surface area (TPSA) is 35.5 Å². The third-order valence-electron chi connectivity index (χ3n) is 0.624. The van der Waals surface area contributed by atoms with Gasteiger partial charge in [0.2, 0.25) is 0 Å². The molecule has 1 fully saturated rings. The second kappa shape index (κ2) is 2.54. The van der Waals surface area contributed by atoms with Crippen molar-refractivity contribution < 1.29 is 13.6 Å². The van der Waals surface area contributed by atoms with Crippen LogP contribution in [0.5, 0.6) is 0 Å². The van der Waals surface area contributed by atoms with Crippen LogP contribution >= 0.6 is 31.5 Å². The molecule has 1 rings (SSSR count). The summed E-state index contributed by atoms with van der Waals surface area (Å²) < 4.78 is 19.1. The van der Waals surface area contributed by atoms with Crippen LogP contribution in [0.25, 0.3) is 0 Å². The molecule has 1 saturated heterocycles. The Balaban J connectivity index is 2.51. The minimum absolute atomic E-state index is 0.761. The highest BCUT2D eigenvalue weighted by Crippen LogP contribution is 2.40. The molecule has 1 aliphatic rings. The molecule has 0 aromatic rings. The molecule has 3 nitrogen and oxygen atoms in total. The largest absolute Gasteiger partial charge is 0.322 e. The van der Waals surface area contributed by atoms with E-state index in [0.717, 1.165) is 0 Å². The van der Waals surface area contributed by atoms with Crippen LogP contribution in [0, 0.1) is 0 Å². The average Bonchev–Trinajstić information content (AvgIpc) is 1.85. The van der Waals surface area contributed by atoms with E-state index in [-0.39, 0.29) is 0 Å². The van der Waals surface area contributed by atoms with Gasteiger partial charge in [0.05, 0.1) is 0 Å². The van der Waals surface area contributed by atoms with Gasteiger partial charge in [0, 0.05) is 0 Å². The van der Waals surface area contributed by atoms with Gasteiger partial charge in [-0.25, -0.2) is 0 Å². The summed E-state index contributed by atoms with van der Waals surface area (Å²) in [6, 6.07) is 0. The smallest absolute Gasteiger partial charge is 0.287 e. The molecule has 0 radical (unpaired) electrons. The molecule has 0 amide bonds. The third kappa shape index (κ3) is 1.36. The first kappa shape index (κ1) is 6.84. The van der Waals surface area contributed by atoms with Gasteiger partial charge in [-0.3, -0.25) is 13.6 Å². The van der Waals surface area contributed by atoms with Crippen molar-refractivity contribution in [2.75, 3.05) is 0 Å². The molecule has 6 heteroatoms. The van der Waals surface area contributed by atoms with Crippen molar-refractivity contribution in [3.05, 3.63) is 0 Å². The first-order chi connectivity index (χ1) is 3.70. The van der Waals surface area contributed by atoms with Crippen LogP contribution in [0.15, 0.2) is 0 Å². The lowest BCUT2D eigenvalue weighted by molar-refractivity contribution is 0.292. The number of halogens is 2. The van der Waals surface area contributed by atoms with Crippen LogP contribution in [0.4, 0.5) is 0 Å². The average molecular weight is 177 g/mol. The molecule has 2 unspecified atom stereocenters. The van der Waals surface area contributed by atoms with E-state index in [1.165, 1.54) is 0 Å². The first-order valence-corrected chi connectivity index (χ1v) is 3.95. The normalized spacial score (nSPS) is 47.5. The van der Waals surface area contributed by atoms with Gasteiger partial charge in [-0.1, -0.05) is 23.2 Å². The standard InChI is InChI=1S/C2H3Cl2O3P/c3-1-2(4)7-8(5)6-1/h1-2,8H. The third-order valence-corrected chi connectivity index (χ3v) is 2.58. The molecule has 8 heavy (non-hydrogen) atoms. The number of rotatable bonds is 0. The Labute approximate surface area is 56.8 Å². The molecule has 2 atom stereocenters. The van der Waals surface area contributed by atoms with Crippen LogP contribution in [-0.4, -0.2) is 11.1 Å². The highest BCUT2D eigenvalue weighted by Gasteiger charge is 2.29. The van der Waals surface area contributed by atoms with Crippen molar-refractivity contribution in [2.24, 2.45) is 0 Å². The molecule has 0 aromatic carbocycles. The van der Waals surface area contributed by atoms with Gasteiger partial charge in [0.25, 0.3) is 0 Å². The molecule has 0 aliphatic carbocycles. The molecule has 0 saturated carbocycles. The summed E-state index contributed by atoms with van der Waals surface area (Å²) in [4.78, 5) is 0. The van der Waals surface area contributed by atoms with Gasteiger partial charge in [0.15, 0.2) is 11.1 Å². The number of alkyl halides is 2. The van der Waals surface area contributed by atoms with Gasteiger partial charge in [-0.15, -0.1) is 0 Å². The summed E-state index contributed by atoms with van der Waals surface area (Å²) in [6.07, 6.45) is 0. The van der Waals surface area contributed by atoms with Crippen molar-refractivity contribution in [1.29, 1.82) is 0 Å². The zero-order valence-electron chi connectivity index (χ0n) is 3.64. The lowest BCUT2D eigenvalue weighted by atomic mass is 10.8. The Hall–Kier alpha value is 0.730. The molecular weight excluding hydrogens is 174 g/mol. The van der Waals surface area contributed by atoms with E-state index in [1.807, 2.05) is 0 Å². The number of hydrogen-bond acceptors (Lipinski definition) is 3. The fourth-order valence-electron chi connectivity index (χ4n) is 0.319. The zero-order chi connectivity index (χ0) is 6.15. The van der Waals surface area contributed by atoms with Crippen LogP contribution in [0.1, 0.15) is 0 Å². The second-order valence-electron chi connectivity index (χ2n) is 1.19. The van der Waals surface area contributed by atoms with Gasteiger partial charge in [-0.2, -0.15) is 0 Å². The Morgan fingerprint density at radius 3 is 1.75 bits per heavy atom. The van der Waals surface area contributed by atoms with Crippen LogP contribution in [0.2, 0.25) is 0 Å². The maximum absolute atomic E-state index is 10.2. The van der Waals surface area contributed by atoms with Crippen molar-refractivity contribution in [1.82, 2.24) is 0 Å². The first-order valence-electron chi connectivity index (χ1n) is 1.85. The quantitative estimate of drug-likeness (QED) is 0.415. The summed E-state index contributed by atoms with van der Waals surface area (Å²) in [6.45, 7) is 0. The summed E-state index contributed by atoms with van der Waals surface area (Å²) in [5.74, 6) is 0. The molecule has 1 heterocycles. The summed E-state index contributed by atoms with van der Waals surface area (Å²) in [5.41, 5.74) is -1.52. The predicted molar refractivity (Wildman–Crippen MR) is 30.5 cm³/mol. The van der Waals surface area contributed by atoms with Gasteiger partial charge in [0.1, 0.15) is 0 Å². The van der Waals surface area contributed by atoms with Crippen LogP contribution in [-0.2, 0) is 13.6 Å². The molecule has 0 aromatic heterocycles. The van der Waals surface area contributed by atoms with E-state index in [2.05, 4.69) is 9.05 Å². The van der Waals surface area contributed by atoms with Crippen molar-refractivity contribution in [3.8, 4) is 0 Å². The predicted octanol–water partition coefficient (Wildman–Crippen LogP) is 1.55. The highest BCUT2D eigenvalue weighted by atomic mass is 35.5. The molecule has 0 N–H and O–H groups in total. The SMILES string of the molecule is O=[PH]1OC(Cl)C(Cl)O1. The van der Waals surface area contributed by atoms with Gasteiger partial charge >= 0.3 is 8.25 Å². The minimum Gasteiger partial charge on any atom is -0.287 e. The Kier molecular flexibility index (Phi) is 2.18. The lowest BCUT2D eigenvalue weighted by Gasteiger charge is -1.95. The summed E-state index contributed by atoms with van der Waals surface area (Å²) in [5, 5.41) is 0. The van der Waals surface area contributed by atoms with E-state index in [9.17, 15) is 4.57 Å².